The molecule has 144 valence electrons. The fourth-order valence-corrected chi connectivity index (χ4v) is 3.01. The van der Waals surface area contributed by atoms with Crippen molar-refractivity contribution in [2.24, 2.45) is 0 Å². The first-order valence-electron chi connectivity index (χ1n) is 9.42. The van der Waals surface area contributed by atoms with Crippen molar-refractivity contribution in [2.45, 2.75) is 19.8 Å². The Morgan fingerprint density at radius 3 is 2.46 bits per heavy atom. The van der Waals surface area contributed by atoms with Crippen LogP contribution in [0.5, 0.6) is 5.75 Å². The van der Waals surface area contributed by atoms with Crippen LogP contribution in [0.15, 0.2) is 66.9 Å². The topological polar surface area (TPSA) is 63.2 Å². The number of methoxy groups -OCH3 is 1. The third-order valence-corrected chi connectivity index (χ3v) is 4.56. The van der Waals surface area contributed by atoms with E-state index in [2.05, 4.69) is 28.6 Å². The van der Waals surface area contributed by atoms with E-state index in [1.807, 2.05) is 48.5 Å². The van der Waals surface area contributed by atoms with Gasteiger partial charge in [0.2, 0.25) is 0 Å². The Labute approximate surface area is 165 Å². The average molecular weight is 375 g/mol. The molecule has 28 heavy (non-hydrogen) atoms. The largest absolute Gasteiger partial charge is 0.496 e. The first kappa shape index (κ1) is 19.4. The predicted octanol–water partition coefficient (Wildman–Crippen LogP) is 4.37. The first-order valence-corrected chi connectivity index (χ1v) is 9.42. The van der Waals surface area contributed by atoms with Crippen LogP contribution >= 0.6 is 0 Å². The summed E-state index contributed by atoms with van der Waals surface area (Å²) in [5, 5.41) is 6.24. The van der Waals surface area contributed by atoms with E-state index < -0.39 is 0 Å². The smallest absolute Gasteiger partial charge is 0.252 e. The molecule has 0 aliphatic heterocycles. The SMILES string of the molecule is CCc1ccccc1Nc1ccc(C(=O)NCCc2ccccc2OC)cn1. The standard InChI is InChI=1S/C23H25N3O2/c1-3-17-8-4-6-10-20(17)26-22-13-12-19(16-25-22)23(27)24-15-14-18-9-5-7-11-21(18)28-2/h4-13,16H,3,14-15H2,1-2H3,(H,24,27)(H,25,26). The first-order chi connectivity index (χ1) is 13.7. The summed E-state index contributed by atoms with van der Waals surface area (Å²) in [5.74, 6) is 1.41. The second-order valence-corrected chi connectivity index (χ2v) is 6.39. The number of rotatable bonds is 8. The lowest BCUT2D eigenvalue weighted by Gasteiger charge is -2.11. The fourth-order valence-electron chi connectivity index (χ4n) is 3.01. The van der Waals surface area contributed by atoms with Crippen molar-refractivity contribution < 1.29 is 9.53 Å². The average Bonchev–Trinajstić information content (AvgIpc) is 2.75. The molecule has 5 heteroatoms. The molecule has 1 aromatic heterocycles. The lowest BCUT2D eigenvalue weighted by molar-refractivity contribution is 0.0953. The van der Waals surface area contributed by atoms with Gasteiger partial charge < -0.3 is 15.4 Å². The van der Waals surface area contributed by atoms with Crippen molar-refractivity contribution in [3.8, 4) is 5.75 Å². The minimum Gasteiger partial charge on any atom is -0.496 e. The van der Waals surface area contributed by atoms with Gasteiger partial charge in [-0.1, -0.05) is 43.3 Å². The van der Waals surface area contributed by atoms with E-state index in [4.69, 9.17) is 4.74 Å². The number of benzene rings is 2. The van der Waals surface area contributed by atoms with E-state index in [1.165, 1.54) is 5.56 Å². The van der Waals surface area contributed by atoms with Gasteiger partial charge in [-0.05, 0) is 48.2 Å². The van der Waals surface area contributed by atoms with E-state index in [1.54, 1.807) is 19.4 Å². The van der Waals surface area contributed by atoms with Gasteiger partial charge in [0.1, 0.15) is 11.6 Å². The molecule has 0 fully saturated rings. The predicted molar refractivity (Wildman–Crippen MR) is 112 cm³/mol. The van der Waals surface area contributed by atoms with E-state index in [-0.39, 0.29) is 5.91 Å². The van der Waals surface area contributed by atoms with E-state index in [9.17, 15) is 4.79 Å². The zero-order valence-electron chi connectivity index (χ0n) is 16.2. The lowest BCUT2D eigenvalue weighted by atomic mass is 10.1. The molecule has 0 unspecified atom stereocenters. The minimum absolute atomic E-state index is 0.136. The number of nitrogens with one attached hydrogen (secondary N) is 2. The molecule has 1 amide bonds. The van der Waals surface area contributed by atoms with Crippen molar-refractivity contribution in [1.82, 2.24) is 10.3 Å². The molecule has 0 saturated heterocycles. The number of nitrogens with zero attached hydrogens (tertiary/aromatic N) is 1. The monoisotopic (exact) mass is 375 g/mol. The van der Waals surface area contributed by atoms with Crippen molar-refractivity contribution in [3.05, 3.63) is 83.6 Å². The summed E-state index contributed by atoms with van der Waals surface area (Å²) in [6.07, 6.45) is 3.24. The molecule has 3 rings (SSSR count). The molecule has 1 heterocycles. The van der Waals surface area contributed by atoms with Crippen LogP contribution in [0.1, 0.15) is 28.4 Å². The summed E-state index contributed by atoms with van der Waals surface area (Å²) in [6, 6.07) is 19.5. The molecule has 0 aliphatic rings. The highest BCUT2D eigenvalue weighted by Crippen LogP contribution is 2.20. The van der Waals surface area contributed by atoms with E-state index >= 15 is 0 Å². The van der Waals surface area contributed by atoms with Crippen LogP contribution in [0, 0.1) is 0 Å². The van der Waals surface area contributed by atoms with Crippen molar-refractivity contribution in [2.75, 3.05) is 19.0 Å². The molecule has 2 aromatic carbocycles. The van der Waals surface area contributed by atoms with Gasteiger partial charge in [0, 0.05) is 18.4 Å². The van der Waals surface area contributed by atoms with Gasteiger partial charge in [0.15, 0.2) is 0 Å². The summed E-state index contributed by atoms with van der Waals surface area (Å²) in [4.78, 5) is 16.7. The lowest BCUT2D eigenvalue weighted by Crippen LogP contribution is -2.25. The quantitative estimate of drug-likeness (QED) is 0.614. The van der Waals surface area contributed by atoms with Gasteiger partial charge in [-0.15, -0.1) is 0 Å². The third-order valence-electron chi connectivity index (χ3n) is 4.56. The Balaban J connectivity index is 1.56. The summed E-state index contributed by atoms with van der Waals surface area (Å²) in [5.41, 5.74) is 3.86. The summed E-state index contributed by atoms with van der Waals surface area (Å²) >= 11 is 0. The Hall–Kier alpha value is -3.34. The molecule has 0 atom stereocenters. The molecule has 0 radical (unpaired) electrons. The number of hydrogen-bond donors (Lipinski definition) is 2. The maximum atomic E-state index is 12.4. The summed E-state index contributed by atoms with van der Waals surface area (Å²) < 4.78 is 5.34. The Bertz CT molecular complexity index is 923. The second-order valence-electron chi connectivity index (χ2n) is 6.39. The van der Waals surface area contributed by atoms with Crippen LogP contribution in [-0.2, 0) is 12.8 Å². The highest BCUT2D eigenvalue weighted by atomic mass is 16.5. The van der Waals surface area contributed by atoms with Gasteiger partial charge in [-0.2, -0.15) is 0 Å². The molecule has 5 nitrogen and oxygen atoms in total. The zero-order valence-corrected chi connectivity index (χ0v) is 16.2. The van der Waals surface area contributed by atoms with Crippen molar-refractivity contribution >= 4 is 17.4 Å². The van der Waals surface area contributed by atoms with Gasteiger partial charge in [0.05, 0.1) is 12.7 Å². The third kappa shape index (κ3) is 4.88. The Kier molecular flexibility index (Phi) is 6.63. The number of anilines is 2. The van der Waals surface area contributed by atoms with Gasteiger partial charge >= 0.3 is 0 Å². The number of ether oxygens (including phenoxy) is 1. The molecule has 0 aliphatic carbocycles. The highest BCUT2D eigenvalue weighted by molar-refractivity contribution is 5.94. The number of amides is 1. The van der Waals surface area contributed by atoms with Gasteiger partial charge in [-0.25, -0.2) is 4.98 Å². The van der Waals surface area contributed by atoms with Crippen LogP contribution in [0.4, 0.5) is 11.5 Å². The fraction of sp³-hybridized carbons (Fsp3) is 0.217. The molecular weight excluding hydrogens is 350 g/mol. The van der Waals surface area contributed by atoms with Crippen LogP contribution in [0.25, 0.3) is 0 Å². The number of carbonyl (C=O) groups excluding carboxylic acids is 1. The van der Waals surface area contributed by atoms with Crippen LogP contribution < -0.4 is 15.4 Å². The van der Waals surface area contributed by atoms with Crippen LogP contribution in [-0.4, -0.2) is 24.5 Å². The van der Waals surface area contributed by atoms with Crippen LogP contribution in [0.3, 0.4) is 0 Å². The highest BCUT2D eigenvalue weighted by Gasteiger charge is 2.08. The molecular formula is C23H25N3O2. The molecule has 2 N–H and O–H groups in total. The number of pyridine rings is 1. The zero-order chi connectivity index (χ0) is 19.8. The Morgan fingerprint density at radius 2 is 1.75 bits per heavy atom. The maximum absolute atomic E-state index is 12.4. The van der Waals surface area contributed by atoms with Crippen molar-refractivity contribution in [1.29, 1.82) is 0 Å². The number of carbonyl (C=O) groups is 1. The van der Waals surface area contributed by atoms with E-state index in [0.717, 1.165) is 23.4 Å². The Morgan fingerprint density at radius 1 is 1.00 bits per heavy atom. The molecule has 3 aromatic rings. The summed E-state index contributed by atoms with van der Waals surface area (Å²) in [7, 11) is 1.65. The maximum Gasteiger partial charge on any atom is 0.252 e. The number of hydrogen-bond acceptors (Lipinski definition) is 4. The van der Waals surface area contributed by atoms with E-state index in [0.29, 0.717) is 24.3 Å². The number of aromatic nitrogens is 1. The second kappa shape index (κ2) is 9.55. The van der Waals surface area contributed by atoms with Gasteiger partial charge in [-0.3, -0.25) is 4.79 Å². The van der Waals surface area contributed by atoms with Crippen LogP contribution in [0.2, 0.25) is 0 Å². The number of aryl methyl sites for hydroxylation is 1. The molecule has 0 saturated carbocycles. The van der Waals surface area contributed by atoms with Crippen molar-refractivity contribution in [3.63, 3.8) is 0 Å². The minimum atomic E-state index is -0.136. The summed E-state index contributed by atoms with van der Waals surface area (Å²) in [6.45, 7) is 2.65. The van der Waals surface area contributed by atoms with Gasteiger partial charge in [0.25, 0.3) is 5.91 Å². The molecule has 0 bridgehead atoms. The normalized spacial score (nSPS) is 10.4. The number of para-hydroxylation sites is 2. The molecule has 0 spiro atoms.